The number of nitrogens with one attached hydrogen (secondary N) is 2. The summed E-state index contributed by atoms with van der Waals surface area (Å²) in [5.74, 6) is -2.22. The number of aliphatic carboxylic acids is 1. The van der Waals surface area contributed by atoms with Crippen LogP contribution in [-0.2, 0) is 32.8 Å². The van der Waals surface area contributed by atoms with Crippen molar-refractivity contribution in [1.82, 2.24) is 19.3 Å². The van der Waals surface area contributed by atoms with Crippen LogP contribution < -0.4 is 10.0 Å². The number of nitrogens with zero attached hydrogens (tertiary/aromatic N) is 3. The lowest BCUT2D eigenvalue weighted by Gasteiger charge is -2.23. The van der Waals surface area contributed by atoms with E-state index in [0.717, 1.165) is 4.31 Å². The molecule has 0 spiro atoms. The van der Waals surface area contributed by atoms with Crippen molar-refractivity contribution in [3.05, 3.63) is 56.5 Å². The van der Waals surface area contributed by atoms with Gasteiger partial charge in [0.1, 0.15) is 11.0 Å². The molecule has 2 atom stereocenters. The molecule has 3 N–H and O–H groups in total. The fourth-order valence-corrected chi connectivity index (χ4v) is 4.61. The Hall–Kier alpha value is -2.94. The van der Waals surface area contributed by atoms with Crippen LogP contribution in [-0.4, -0.2) is 51.8 Å². The topological polar surface area (TPSA) is 172 Å². The van der Waals surface area contributed by atoms with Crippen LogP contribution in [0.5, 0.6) is 0 Å². The van der Waals surface area contributed by atoms with E-state index in [-0.39, 0.29) is 18.7 Å². The van der Waals surface area contributed by atoms with Crippen LogP contribution in [0, 0.1) is 10.1 Å². The third-order valence-corrected chi connectivity index (χ3v) is 6.27. The molecule has 1 saturated heterocycles. The Morgan fingerprint density at radius 3 is 2.66 bits per heavy atom. The zero-order valence-electron chi connectivity index (χ0n) is 14.6. The second kappa shape index (κ2) is 8.20. The van der Waals surface area contributed by atoms with Crippen molar-refractivity contribution in [2.45, 2.75) is 25.2 Å². The van der Waals surface area contributed by atoms with E-state index >= 15 is 0 Å². The molecule has 154 valence electrons. The number of carboxylic acids is 1. The molecule has 2 heterocycles. The largest absolute Gasteiger partial charge is 0.480 e. The van der Waals surface area contributed by atoms with E-state index in [0.29, 0.717) is 10.6 Å². The Labute approximate surface area is 168 Å². The second-order valence-electron chi connectivity index (χ2n) is 6.03. The number of nitro groups is 1. The lowest BCUT2D eigenvalue weighted by molar-refractivity contribution is -0.384. The highest BCUT2D eigenvalue weighted by molar-refractivity contribution is 7.88. The van der Waals surface area contributed by atoms with Crippen molar-refractivity contribution in [2.24, 2.45) is 0 Å². The van der Waals surface area contributed by atoms with Crippen molar-refractivity contribution in [1.29, 1.82) is 0 Å². The van der Waals surface area contributed by atoms with Gasteiger partial charge in [0.25, 0.3) is 11.6 Å². The number of rotatable bonds is 8. The Kier molecular flexibility index (Phi) is 5.88. The highest BCUT2D eigenvalue weighted by Gasteiger charge is 2.45. The smallest absolute Gasteiger partial charge is 0.321 e. The van der Waals surface area contributed by atoms with Crippen LogP contribution in [0.25, 0.3) is 0 Å². The molecule has 1 aliphatic rings. The molecule has 3 rings (SSSR count). The maximum atomic E-state index is 12.2. The maximum Gasteiger partial charge on any atom is 0.321 e. The van der Waals surface area contributed by atoms with Crippen LogP contribution in [0.15, 0.2) is 35.8 Å². The van der Waals surface area contributed by atoms with E-state index in [1.165, 1.54) is 41.8 Å². The summed E-state index contributed by atoms with van der Waals surface area (Å²) in [6, 6.07) is 3.94. The predicted octanol–water partition coefficient (Wildman–Crippen LogP) is -0.160. The second-order valence-corrected chi connectivity index (χ2v) is 8.63. The number of carbonyl (C=O) groups excluding carboxylic acids is 1. The van der Waals surface area contributed by atoms with Gasteiger partial charge in [-0.3, -0.25) is 25.0 Å². The minimum atomic E-state index is -4.15. The lowest BCUT2D eigenvalue weighted by atomic mass is 10.1. The van der Waals surface area contributed by atoms with Gasteiger partial charge in [0.2, 0.25) is 0 Å². The van der Waals surface area contributed by atoms with E-state index < -0.39 is 39.2 Å². The molecule has 14 heteroatoms. The van der Waals surface area contributed by atoms with E-state index in [9.17, 15) is 33.2 Å². The van der Waals surface area contributed by atoms with Crippen LogP contribution in [0.2, 0.25) is 0 Å². The third-order valence-electron chi connectivity index (χ3n) is 4.09. The Morgan fingerprint density at radius 1 is 1.41 bits per heavy atom. The molecule has 1 aliphatic heterocycles. The molecule has 1 aromatic carbocycles. The summed E-state index contributed by atoms with van der Waals surface area (Å²) in [6.45, 7) is -0.208. The lowest BCUT2D eigenvalue weighted by Crippen LogP contribution is -2.53. The SMILES string of the molecule is O=C(O)[C@H](Cc1ccc([N+](=O)[O-])cc1)N[C@H]1C(=O)NS(=O)(=O)N1Cc1nccs1. The number of non-ortho nitro benzene ring substituents is 1. The molecule has 0 bridgehead atoms. The standard InChI is InChI=1S/C15H15N5O7S2/c21-14-13(19(29(26,27)18-14)8-12-16-5-6-28-12)17-11(15(22)23)7-9-1-3-10(4-2-9)20(24)25/h1-6,11,13,17H,7-8H2,(H,18,21)(H,22,23)/t11-,13+/m0/s1. The number of carboxylic acid groups (broad SMARTS) is 1. The van der Waals surface area contributed by atoms with Gasteiger partial charge in [0.05, 0.1) is 11.5 Å². The fraction of sp³-hybridized carbons (Fsp3) is 0.267. The first-order valence-corrected chi connectivity index (χ1v) is 10.4. The molecular weight excluding hydrogens is 426 g/mol. The van der Waals surface area contributed by atoms with Gasteiger partial charge in [-0.15, -0.1) is 11.3 Å². The molecule has 1 amide bonds. The van der Waals surface area contributed by atoms with Gasteiger partial charge < -0.3 is 5.11 Å². The predicted molar refractivity (Wildman–Crippen MR) is 99.9 cm³/mol. The number of carbonyl (C=O) groups is 2. The molecule has 1 fully saturated rings. The van der Waals surface area contributed by atoms with Crippen molar-refractivity contribution in [3.63, 3.8) is 0 Å². The number of hydrogen-bond donors (Lipinski definition) is 3. The summed E-state index contributed by atoms with van der Waals surface area (Å²) in [6.07, 6.45) is -0.0832. The molecule has 0 radical (unpaired) electrons. The van der Waals surface area contributed by atoms with Gasteiger partial charge >= 0.3 is 16.2 Å². The van der Waals surface area contributed by atoms with E-state index in [2.05, 4.69) is 10.3 Å². The van der Waals surface area contributed by atoms with E-state index in [1.807, 2.05) is 4.72 Å². The number of hydrogen-bond acceptors (Lipinski definition) is 9. The van der Waals surface area contributed by atoms with Gasteiger partial charge in [-0.25, -0.2) is 9.71 Å². The average molecular weight is 441 g/mol. The molecule has 0 aliphatic carbocycles. The summed E-state index contributed by atoms with van der Waals surface area (Å²) in [5, 5.41) is 24.9. The number of nitro benzene ring substituents is 1. The Balaban J connectivity index is 1.79. The van der Waals surface area contributed by atoms with E-state index in [4.69, 9.17) is 0 Å². The maximum absolute atomic E-state index is 12.2. The average Bonchev–Trinajstić information content (AvgIpc) is 3.23. The molecular formula is C15H15N5O7S2. The van der Waals surface area contributed by atoms with Crippen molar-refractivity contribution in [3.8, 4) is 0 Å². The third kappa shape index (κ3) is 4.73. The zero-order valence-corrected chi connectivity index (χ0v) is 16.2. The van der Waals surface area contributed by atoms with Gasteiger partial charge in [0.15, 0.2) is 6.17 Å². The summed E-state index contributed by atoms with van der Waals surface area (Å²) in [5.41, 5.74) is 0.313. The normalized spacial score (nSPS) is 19.6. The first kappa shape index (κ1) is 20.8. The van der Waals surface area contributed by atoms with E-state index in [1.54, 1.807) is 5.38 Å². The first-order valence-electron chi connectivity index (χ1n) is 8.11. The molecule has 29 heavy (non-hydrogen) atoms. The highest BCUT2D eigenvalue weighted by atomic mass is 32.2. The number of aromatic nitrogens is 1. The van der Waals surface area contributed by atoms with Crippen LogP contribution in [0.3, 0.4) is 0 Å². The van der Waals surface area contributed by atoms with Gasteiger partial charge in [-0.05, 0) is 12.0 Å². The monoisotopic (exact) mass is 441 g/mol. The quantitative estimate of drug-likeness (QED) is 0.372. The Bertz CT molecular complexity index is 1020. The highest BCUT2D eigenvalue weighted by Crippen LogP contribution is 2.20. The summed E-state index contributed by atoms with van der Waals surface area (Å²) >= 11 is 1.19. The summed E-state index contributed by atoms with van der Waals surface area (Å²) in [4.78, 5) is 38.0. The fourth-order valence-electron chi connectivity index (χ4n) is 2.71. The van der Waals surface area contributed by atoms with Gasteiger partial charge in [-0.2, -0.15) is 12.7 Å². The van der Waals surface area contributed by atoms with Crippen LogP contribution in [0.4, 0.5) is 5.69 Å². The van der Waals surface area contributed by atoms with Crippen LogP contribution >= 0.6 is 11.3 Å². The zero-order chi connectivity index (χ0) is 21.2. The Morgan fingerprint density at radius 2 is 2.10 bits per heavy atom. The molecule has 0 saturated carbocycles. The molecule has 0 unspecified atom stereocenters. The van der Waals surface area contributed by atoms with Crippen molar-refractivity contribution < 1.29 is 28.0 Å². The van der Waals surface area contributed by atoms with Crippen LogP contribution in [0.1, 0.15) is 10.6 Å². The number of amides is 1. The van der Waals surface area contributed by atoms with Crippen molar-refractivity contribution >= 4 is 39.1 Å². The molecule has 1 aromatic heterocycles. The molecule has 2 aromatic rings. The first-order chi connectivity index (χ1) is 13.7. The van der Waals surface area contributed by atoms with Gasteiger partial charge in [-0.1, -0.05) is 12.1 Å². The summed E-state index contributed by atoms with van der Waals surface area (Å²) < 4.78 is 27.1. The summed E-state index contributed by atoms with van der Waals surface area (Å²) in [7, 11) is -4.15. The van der Waals surface area contributed by atoms with Crippen molar-refractivity contribution in [2.75, 3.05) is 0 Å². The number of benzene rings is 1. The molecule has 12 nitrogen and oxygen atoms in total. The minimum absolute atomic E-state index is 0.123. The number of thiazole rings is 1. The van der Waals surface area contributed by atoms with Gasteiger partial charge in [0, 0.05) is 23.7 Å². The minimum Gasteiger partial charge on any atom is -0.480 e.